The SMILES string of the molecule is NCc1c(Cl)cccc1OCC(F)(F)F. The number of benzene rings is 1. The average molecular weight is 240 g/mol. The predicted octanol–water partition coefficient (Wildman–Crippen LogP) is 2.74. The summed E-state index contributed by atoms with van der Waals surface area (Å²) in [5, 5.41) is 0.303. The van der Waals surface area contributed by atoms with Gasteiger partial charge >= 0.3 is 6.18 Å². The third-order valence-corrected chi connectivity index (χ3v) is 2.03. The summed E-state index contributed by atoms with van der Waals surface area (Å²) in [6.07, 6.45) is -4.37. The van der Waals surface area contributed by atoms with E-state index in [1.807, 2.05) is 0 Å². The molecule has 0 unspecified atom stereocenters. The molecule has 84 valence electrons. The Bertz CT molecular complexity index is 341. The second-order valence-electron chi connectivity index (χ2n) is 2.82. The Kier molecular flexibility index (Phi) is 3.82. The molecule has 0 fully saturated rings. The van der Waals surface area contributed by atoms with E-state index in [1.165, 1.54) is 12.1 Å². The van der Waals surface area contributed by atoms with Crippen molar-refractivity contribution in [2.24, 2.45) is 5.73 Å². The van der Waals surface area contributed by atoms with Crippen LogP contribution in [0.4, 0.5) is 13.2 Å². The number of hydrogen-bond donors (Lipinski definition) is 1. The van der Waals surface area contributed by atoms with Gasteiger partial charge in [0, 0.05) is 17.1 Å². The number of rotatable bonds is 3. The second kappa shape index (κ2) is 4.72. The normalized spacial score (nSPS) is 11.5. The quantitative estimate of drug-likeness (QED) is 0.880. The van der Waals surface area contributed by atoms with E-state index in [1.54, 1.807) is 6.07 Å². The molecule has 0 aliphatic heterocycles. The van der Waals surface area contributed by atoms with Crippen molar-refractivity contribution in [3.63, 3.8) is 0 Å². The van der Waals surface area contributed by atoms with Crippen molar-refractivity contribution >= 4 is 11.6 Å². The van der Waals surface area contributed by atoms with E-state index in [4.69, 9.17) is 17.3 Å². The first-order chi connectivity index (χ1) is 6.94. The smallest absolute Gasteiger partial charge is 0.422 e. The first kappa shape index (κ1) is 12.1. The van der Waals surface area contributed by atoms with Crippen molar-refractivity contribution in [1.82, 2.24) is 0 Å². The Morgan fingerprint density at radius 3 is 2.53 bits per heavy atom. The van der Waals surface area contributed by atoms with Gasteiger partial charge in [-0.05, 0) is 12.1 Å². The summed E-state index contributed by atoms with van der Waals surface area (Å²) in [6.45, 7) is -1.31. The van der Waals surface area contributed by atoms with E-state index in [-0.39, 0.29) is 12.3 Å². The Balaban J connectivity index is 2.81. The van der Waals surface area contributed by atoms with Crippen molar-refractivity contribution in [3.05, 3.63) is 28.8 Å². The zero-order valence-corrected chi connectivity index (χ0v) is 8.40. The molecule has 6 heteroatoms. The van der Waals surface area contributed by atoms with Gasteiger partial charge in [-0.25, -0.2) is 0 Å². The summed E-state index contributed by atoms with van der Waals surface area (Å²) in [6, 6.07) is 4.46. The number of ether oxygens (including phenoxy) is 1. The molecule has 0 heterocycles. The molecular weight excluding hydrogens is 231 g/mol. The van der Waals surface area contributed by atoms with E-state index in [0.717, 1.165) is 0 Å². The van der Waals surface area contributed by atoms with Crippen LogP contribution in [0.25, 0.3) is 0 Å². The molecule has 0 amide bonds. The summed E-state index contributed by atoms with van der Waals surface area (Å²) in [4.78, 5) is 0. The lowest BCUT2D eigenvalue weighted by Gasteiger charge is -2.12. The first-order valence-electron chi connectivity index (χ1n) is 4.11. The van der Waals surface area contributed by atoms with E-state index >= 15 is 0 Å². The minimum atomic E-state index is -4.37. The molecule has 0 spiro atoms. The van der Waals surface area contributed by atoms with Crippen LogP contribution in [0.3, 0.4) is 0 Å². The van der Waals surface area contributed by atoms with Crippen molar-refractivity contribution < 1.29 is 17.9 Å². The molecule has 0 radical (unpaired) electrons. The lowest BCUT2D eigenvalue weighted by atomic mass is 10.2. The summed E-state index contributed by atoms with van der Waals surface area (Å²) in [7, 11) is 0. The number of halogens is 4. The maximum Gasteiger partial charge on any atom is 0.422 e. The summed E-state index contributed by atoms with van der Waals surface area (Å²) in [5.74, 6) is 0.0716. The molecular formula is C9H9ClF3NO. The lowest BCUT2D eigenvalue weighted by Crippen LogP contribution is -2.20. The van der Waals surface area contributed by atoms with Gasteiger partial charge in [0.05, 0.1) is 0 Å². The van der Waals surface area contributed by atoms with Crippen molar-refractivity contribution in [2.75, 3.05) is 6.61 Å². The summed E-state index contributed by atoms with van der Waals surface area (Å²) < 4.78 is 40.2. The molecule has 0 saturated carbocycles. The highest BCUT2D eigenvalue weighted by Crippen LogP contribution is 2.27. The van der Waals surface area contributed by atoms with Crippen LogP contribution in [-0.2, 0) is 6.54 Å². The zero-order chi connectivity index (χ0) is 11.5. The van der Waals surface area contributed by atoms with E-state index in [9.17, 15) is 13.2 Å². The number of alkyl halides is 3. The van der Waals surface area contributed by atoms with E-state index < -0.39 is 12.8 Å². The van der Waals surface area contributed by atoms with Crippen molar-refractivity contribution in [2.45, 2.75) is 12.7 Å². The monoisotopic (exact) mass is 239 g/mol. The molecule has 15 heavy (non-hydrogen) atoms. The minimum Gasteiger partial charge on any atom is -0.484 e. The zero-order valence-electron chi connectivity index (χ0n) is 7.64. The van der Waals surface area contributed by atoms with Crippen LogP contribution in [0, 0.1) is 0 Å². The third kappa shape index (κ3) is 3.60. The molecule has 0 saturated heterocycles. The van der Waals surface area contributed by atoms with Crippen LogP contribution in [0.1, 0.15) is 5.56 Å². The third-order valence-electron chi connectivity index (χ3n) is 1.67. The summed E-state index contributed by atoms with van der Waals surface area (Å²) in [5.41, 5.74) is 5.72. The van der Waals surface area contributed by atoms with Crippen LogP contribution in [0.15, 0.2) is 18.2 Å². The van der Waals surface area contributed by atoms with Gasteiger partial charge in [-0.3, -0.25) is 0 Å². The molecule has 2 N–H and O–H groups in total. The van der Waals surface area contributed by atoms with Crippen LogP contribution in [0.5, 0.6) is 5.75 Å². The molecule has 1 aromatic carbocycles. The van der Waals surface area contributed by atoms with Gasteiger partial charge in [0.15, 0.2) is 6.61 Å². The molecule has 2 nitrogen and oxygen atoms in total. The maximum absolute atomic E-state index is 11.9. The molecule has 1 aromatic rings. The topological polar surface area (TPSA) is 35.2 Å². The molecule has 0 atom stereocenters. The highest BCUT2D eigenvalue weighted by Gasteiger charge is 2.28. The van der Waals surface area contributed by atoms with Crippen LogP contribution >= 0.6 is 11.6 Å². The largest absolute Gasteiger partial charge is 0.484 e. The lowest BCUT2D eigenvalue weighted by molar-refractivity contribution is -0.153. The molecule has 0 aromatic heterocycles. The molecule has 1 rings (SSSR count). The van der Waals surface area contributed by atoms with E-state index in [0.29, 0.717) is 10.6 Å². The highest BCUT2D eigenvalue weighted by atomic mass is 35.5. The fourth-order valence-electron chi connectivity index (χ4n) is 1.03. The maximum atomic E-state index is 11.9. The van der Waals surface area contributed by atoms with Gasteiger partial charge in [-0.1, -0.05) is 17.7 Å². The Morgan fingerprint density at radius 2 is 2.00 bits per heavy atom. The average Bonchev–Trinajstić information content (AvgIpc) is 2.13. The van der Waals surface area contributed by atoms with Crippen molar-refractivity contribution in [3.8, 4) is 5.75 Å². The Morgan fingerprint density at radius 1 is 1.33 bits per heavy atom. The number of nitrogens with two attached hydrogens (primary N) is 1. The molecule has 0 bridgehead atoms. The minimum absolute atomic E-state index is 0.0346. The van der Waals surface area contributed by atoms with Crippen molar-refractivity contribution in [1.29, 1.82) is 0 Å². The van der Waals surface area contributed by atoms with Gasteiger partial charge in [-0.15, -0.1) is 0 Å². The van der Waals surface area contributed by atoms with Gasteiger partial charge in [-0.2, -0.15) is 13.2 Å². The Labute approximate surface area is 89.8 Å². The summed E-state index contributed by atoms with van der Waals surface area (Å²) >= 11 is 5.74. The van der Waals surface area contributed by atoms with Crippen LogP contribution < -0.4 is 10.5 Å². The van der Waals surface area contributed by atoms with Gasteiger partial charge < -0.3 is 10.5 Å². The second-order valence-corrected chi connectivity index (χ2v) is 3.23. The molecule has 0 aliphatic carbocycles. The predicted molar refractivity (Wildman–Crippen MR) is 50.9 cm³/mol. The van der Waals surface area contributed by atoms with Gasteiger partial charge in [0.2, 0.25) is 0 Å². The fraction of sp³-hybridized carbons (Fsp3) is 0.333. The van der Waals surface area contributed by atoms with Gasteiger partial charge in [0.1, 0.15) is 5.75 Å². The van der Waals surface area contributed by atoms with E-state index in [2.05, 4.69) is 4.74 Å². The molecule has 0 aliphatic rings. The number of hydrogen-bond acceptors (Lipinski definition) is 2. The van der Waals surface area contributed by atoms with Gasteiger partial charge in [0.25, 0.3) is 0 Å². The first-order valence-corrected chi connectivity index (χ1v) is 4.49. The standard InChI is InChI=1S/C9H9ClF3NO/c10-7-2-1-3-8(6(7)4-14)15-5-9(11,12)13/h1-3H,4-5,14H2. The fourth-order valence-corrected chi connectivity index (χ4v) is 1.27. The van der Waals surface area contributed by atoms with Crippen LogP contribution in [0.2, 0.25) is 5.02 Å². The highest BCUT2D eigenvalue weighted by molar-refractivity contribution is 6.31. The Hall–Kier alpha value is -0.940. The van der Waals surface area contributed by atoms with Crippen LogP contribution in [-0.4, -0.2) is 12.8 Å².